The zero-order valence-corrected chi connectivity index (χ0v) is 11.5. The van der Waals surface area contributed by atoms with Crippen LogP contribution >= 0.6 is 0 Å². The van der Waals surface area contributed by atoms with Gasteiger partial charge in [-0.05, 0) is 48.4 Å². The van der Waals surface area contributed by atoms with E-state index in [1.807, 2.05) is 0 Å². The Morgan fingerprint density at radius 3 is 2.48 bits per heavy atom. The second kappa shape index (κ2) is 5.56. The summed E-state index contributed by atoms with van der Waals surface area (Å²) in [6.07, 6.45) is 9.06. The third-order valence-corrected chi connectivity index (χ3v) is 4.21. The molecule has 0 heterocycles. The van der Waals surface area contributed by atoms with E-state index in [1.165, 1.54) is 6.08 Å². The quantitative estimate of drug-likeness (QED) is 0.659. The molecule has 0 saturated heterocycles. The van der Waals surface area contributed by atoms with Crippen molar-refractivity contribution in [3.63, 3.8) is 0 Å². The second-order valence-electron chi connectivity index (χ2n) is 5.67. The summed E-state index contributed by atoms with van der Waals surface area (Å²) in [5.74, 6) is 0.172. The summed E-state index contributed by atoms with van der Waals surface area (Å²) in [7, 11) is 0. The van der Waals surface area contributed by atoms with Crippen molar-refractivity contribution in [3.8, 4) is 0 Å². The van der Waals surface area contributed by atoms with Crippen molar-refractivity contribution in [3.05, 3.63) is 48.1 Å². The van der Waals surface area contributed by atoms with Gasteiger partial charge in [-0.3, -0.25) is 4.79 Å². The fourth-order valence-electron chi connectivity index (χ4n) is 3.16. The van der Waals surface area contributed by atoms with Crippen molar-refractivity contribution in [1.29, 1.82) is 0 Å². The molecule has 4 nitrogen and oxygen atoms in total. The molecule has 0 aliphatic heterocycles. The Morgan fingerprint density at radius 2 is 1.90 bits per heavy atom. The van der Waals surface area contributed by atoms with E-state index in [0.29, 0.717) is 11.8 Å². The van der Waals surface area contributed by atoms with E-state index >= 15 is 0 Å². The molecule has 3 atom stereocenters. The number of fused-ring (bicyclic) bond motifs is 2. The molecule has 4 heteroatoms. The van der Waals surface area contributed by atoms with Gasteiger partial charge in [-0.15, -0.1) is 0 Å². The first-order valence-electron chi connectivity index (χ1n) is 7.12. The number of carbonyl (C=O) groups is 2. The first-order chi connectivity index (χ1) is 10.1. The van der Waals surface area contributed by atoms with Crippen molar-refractivity contribution in [1.82, 2.24) is 0 Å². The van der Waals surface area contributed by atoms with E-state index in [4.69, 9.17) is 5.11 Å². The minimum absolute atomic E-state index is 0.0840. The first-order valence-corrected chi connectivity index (χ1v) is 7.12. The SMILES string of the molecule is O=C(O)/C=C/c1ccc(NC(=O)C2CC3C=CC2C3)cc1. The number of hydrogen-bond acceptors (Lipinski definition) is 2. The van der Waals surface area contributed by atoms with Gasteiger partial charge in [0.15, 0.2) is 0 Å². The minimum Gasteiger partial charge on any atom is -0.478 e. The fourth-order valence-corrected chi connectivity index (χ4v) is 3.16. The zero-order chi connectivity index (χ0) is 14.8. The van der Waals surface area contributed by atoms with Gasteiger partial charge in [0.25, 0.3) is 0 Å². The van der Waals surface area contributed by atoms with Crippen molar-refractivity contribution in [2.45, 2.75) is 12.8 Å². The van der Waals surface area contributed by atoms with Crippen LogP contribution in [0.3, 0.4) is 0 Å². The summed E-state index contributed by atoms with van der Waals surface area (Å²) in [4.78, 5) is 22.7. The Hall–Kier alpha value is -2.36. The lowest BCUT2D eigenvalue weighted by Gasteiger charge is -2.17. The summed E-state index contributed by atoms with van der Waals surface area (Å²) in [6.45, 7) is 0. The van der Waals surface area contributed by atoms with E-state index in [9.17, 15) is 9.59 Å². The molecule has 1 aromatic rings. The molecular weight excluding hydrogens is 266 g/mol. The van der Waals surface area contributed by atoms with E-state index in [1.54, 1.807) is 24.3 Å². The molecule has 2 bridgehead atoms. The normalized spacial score (nSPS) is 26.4. The molecule has 21 heavy (non-hydrogen) atoms. The Labute approximate surface area is 123 Å². The topological polar surface area (TPSA) is 66.4 Å². The number of aliphatic carboxylic acids is 1. The van der Waals surface area contributed by atoms with Crippen LogP contribution in [0.4, 0.5) is 5.69 Å². The maximum absolute atomic E-state index is 12.3. The van der Waals surface area contributed by atoms with Crippen LogP contribution < -0.4 is 5.32 Å². The van der Waals surface area contributed by atoms with E-state index in [0.717, 1.165) is 30.2 Å². The van der Waals surface area contributed by atoms with Crippen LogP contribution in [0.1, 0.15) is 18.4 Å². The van der Waals surface area contributed by atoms with E-state index in [-0.39, 0.29) is 11.8 Å². The molecule has 2 aliphatic rings. The van der Waals surface area contributed by atoms with Gasteiger partial charge in [0.05, 0.1) is 0 Å². The Morgan fingerprint density at radius 1 is 1.14 bits per heavy atom. The van der Waals surface area contributed by atoms with Gasteiger partial charge in [0, 0.05) is 17.7 Å². The number of allylic oxidation sites excluding steroid dienone is 2. The van der Waals surface area contributed by atoms with Crippen LogP contribution in [0.2, 0.25) is 0 Å². The highest BCUT2D eigenvalue weighted by Gasteiger charge is 2.39. The lowest BCUT2D eigenvalue weighted by molar-refractivity contribution is -0.131. The largest absolute Gasteiger partial charge is 0.478 e. The van der Waals surface area contributed by atoms with Gasteiger partial charge in [-0.2, -0.15) is 0 Å². The number of amides is 1. The standard InChI is InChI=1S/C17H17NO3/c19-16(20)8-4-11-2-6-14(7-3-11)18-17(21)15-10-12-1-5-13(15)9-12/h1-8,12-13,15H,9-10H2,(H,18,21)(H,19,20)/b8-4+. The van der Waals surface area contributed by atoms with Gasteiger partial charge in [0.1, 0.15) is 0 Å². The van der Waals surface area contributed by atoms with Gasteiger partial charge >= 0.3 is 5.97 Å². The third kappa shape index (κ3) is 3.05. The number of anilines is 1. The van der Waals surface area contributed by atoms with Gasteiger partial charge in [0.2, 0.25) is 5.91 Å². The molecule has 2 N–H and O–H groups in total. The van der Waals surface area contributed by atoms with Gasteiger partial charge in [-0.25, -0.2) is 4.79 Å². The molecule has 0 aromatic heterocycles. The lowest BCUT2D eigenvalue weighted by Crippen LogP contribution is -2.25. The highest BCUT2D eigenvalue weighted by Crippen LogP contribution is 2.43. The number of hydrogen-bond donors (Lipinski definition) is 2. The molecule has 1 saturated carbocycles. The number of nitrogens with one attached hydrogen (secondary N) is 1. The molecule has 2 aliphatic carbocycles. The second-order valence-corrected chi connectivity index (χ2v) is 5.67. The molecule has 0 radical (unpaired) electrons. The minimum atomic E-state index is -0.975. The van der Waals surface area contributed by atoms with Gasteiger partial charge in [-0.1, -0.05) is 24.3 Å². The zero-order valence-electron chi connectivity index (χ0n) is 11.5. The monoisotopic (exact) mass is 283 g/mol. The smallest absolute Gasteiger partial charge is 0.328 e. The first kappa shape index (κ1) is 13.6. The third-order valence-electron chi connectivity index (χ3n) is 4.21. The predicted molar refractivity (Wildman–Crippen MR) is 80.6 cm³/mol. The van der Waals surface area contributed by atoms with Crippen LogP contribution in [0, 0.1) is 17.8 Å². The molecule has 108 valence electrons. The molecule has 0 spiro atoms. The van der Waals surface area contributed by atoms with Crippen molar-refractivity contribution in [2.24, 2.45) is 17.8 Å². The van der Waals surface area contributed by atoms with Crippen LogP contribution in [0.25, 0.3) is 6.08 Å². The fraction of sp³-hybridized carbons (Fsp3) is 0.294. The predicted octanol–water partition coefficient (Wildman–Crippen LogP) is 2.94. The van der Waals surface area contributed by atoms with Crippen molar-refractivity contribution < 1.29 is 14.7 Å². The Balaban J connectivity index is 1.61. The average molecular weight is 283 g/mol. The Bertz CT molecular complexity index is 615. The summed E-state index contributed by atoms with van der Waals surface area (Å²) < 4.78 is 0. The summed E-state index contributed by atoms with van der Waals surface area (Å²) >= 11 is 0. The number of benzene rings is 1. The number of carbonyl (C=O) groups excluding carboxylic acids is 1. The molecule has 3 unspecified atom stereocenters. The summed E-state index contributed by atoms with van der Waals surface area (Å²) in [5.41, 5.74) is 1.54. The van der Waals surface area contributed by atoms with Crippen molar-refractivity contribution in [2.75, 3.05) is 5.32 Å². The molecule has 3 rings (SSSR count). The van der Waals surface area contributed by atoms with Gasteiger partial charge < -0.3 is 10.4 Å². The summed E-state index contributed by atoms with van der Waals surface area (Å²) in [5, 5.41) is 11.5. The van der Waals surface area contributed by atoms with E-state index in [2.05, 4.69) is 17.5 Å². The molecule has 1 fully saturated rings. The number of carboxylic acids is 1. The molecule has 1 aromatic carbocycles. The van der Waals surface area contributed by atoms with Crippen LogP contribution in [0.15, 0.2) is 42.5 Å². The van der Waals surface area contributed by atoms with Crippen molar-refractivity contribution >= 4 is 23.6 Å². The van der Waals surface area contributed by atoms with Crippen LogP contribution in [-0.2, 0) is 9.59 Å². The number of rotatable bonds is 4. The van der Waals surface area contributed by atoms with Crippen LogP contribution in [-0.4, -0.2) is 17.0 Å². The van der Waals surface area contributed by atoms with Crippen LogP contribution in [0.5, 0.6) is 0 Å². The maximum atomic E-state index is 12.3. The average Bonchev–Trinajstić information content (AvgIpc) is 3.09. The highest BCUT2D eigenvalue weighted by molar-refractivity contribution is 5.93. The van der Waals surface area contributed by atoms with E-state index < -0.39 is 5.97 Å². The maximum Gasteiger partial charge on any atom is 0.328 e. The number of carboxylic acid groups (broad SMARTS) is 1. The highest BCUT2D eigenvalue weighted by atomic mass is 16.4. The summed E-state index contributed by atoms with van der Waals surface area (Å²) in [6, 6.07) is 7.16. The molecule has 1 amide bonds. The molecular formula is C17H17NO3. The lowest BCUT2D eigenvalue weighted by atomic mass is 9.93. The Kier molecular flexibility index (Phi) is 3.60.